The van der Waals surface area contributed by atoms with Crippen LogP contribution in [-0.4, -0.2) is 23.6 Å². The highest BCUT2D eigenvalue weighted by molar-refractivity contribution is 7.07. The van der Waals surface area contributed by atoms with E-state index in [2.05, 4.69) is 60.5 Å². The number of carbonyl (C=O) groups excluding carboxylic acids is 1. The number of nitrogens with one attached hydrogen (secondary N) is 1. The van der Waals surface area contributed by atoms with Gasteiger partial charge in [-0.25, -0.2) is 4.99 Å². The van der Waals surface area contributed by atoms with Crippen LogP contribution in [0.25, 0.3) is 6.08 Å². The SMILES string of the molecule is CC1=C(C(=O)Nc2ccccc2)[C@@H](c2ccc(C(C)C)cc2)n2c(s/c(=C/c3ccc(N4CCCCC4)cc3)c2=O)=N1. The lowest BCUT2D eigenvalue weighted by atomic mass is 9.93. The lowest BCUT2D eigenvalue weighted by molar-refractivity contribution is -0.113. The summed E-state index contributed by atoms with van der Waals surface area (Å²) in [5.41, 5.74) is 5.91. The molecular weight excluding hydrogens is 540 g/mol. The van der Waals surface area contributed by atoms with E-state index in [0.29, 0.717) is 32.2 Å². The Morgan fingerprint density at radius 2 is 1.64 bits per heavy atom. The third-order valence-electron chi connectivity index (χ3n) is 8.13. The molecule has 1 amide bonds. The number of fused-ring (bicyclic) bond motifs is 1. The lowest BCUT2D eigenvalue weighted by Crippen LogP contribution is -2.40. The van der Waals surface area contributed by atoms with Gasteiger partial charge in [-0.05, 0) is 79.1 Å². The Morgan fingerprint density at radius 3 is 2.31 bits per heavy atom. The van der Waals surface area contributed by atoms with Crippen LogP contribution in [0.5, 0.6) is 0 Å². The van der Waals surface area contributed by atoms with Gasteiger partial charge in [0.1, 0.15) is 0 Å². The summed E-state index contributed by atoms with van der Waals surface area (Å²) in [5.74, 6) is 0.114. The highest BCUT2D eigenvalue weighted by Crippen LogP contribution is 2.31. The normalized spacial score (nSPS) is 17.3. The van der Waals surface area contributed by atoms with E-state index >= 15 is 0 Å². The topological polar surface area (TPSA) is 66.7 Å². The third kappa shape index (κ3) is 5.61. The van der Waals surface area contributed by atoms with Gasteiger partial charge in [0.25, 0.3) is 11.5 Å². The van der Waals surface area contributed by atoms with Crippen LogP contribution in [-0.2, 0) is 4.79 Å². The minimum atomic E-state index is -0.588. The number of anilines is 2. The van der Waals surface area contributed by atoms with Gasteiger partial charge in [0, 0.05) is 24.5 Å². The Balaban J connectivity index is 1.41. The van der Waals surface area contributed by atoms with Crippen LogP contribution in [0.15, 0.2) is 99.9 Å². The van der Waals surface area contributed by atoms with E-state index in [0.717, 1.165) is 24.2 Å². The van der Waals surface area contributed by atoms with Crippen molar-refractivity contribution in [1.29, 1.82) is 0 Å². The number of para-hydroxylation sites is 1. The highest BCUT2D eigenvalue weighted by Gasteiger charge is 2.32. The first-order chi connectivity index (χ1) is 20.4. The summed E-state index contributed by atoms with van der Waals surface area (Å²) < 4.78 is 2.29. The average molecular weight is 577 g/mol. The molecule has 7 heteroatoms. The standard InChI is InChI=1S/C35H36N4O2S/c1-23(2)26-14-16-27(17-15-26)32-31(33(40)37-28-10-6-4-7-11-28)24(3)36-35-39(32)34(41)30(42-35)22-25-12-18-29(19-13-25)38-20-8-5-9-21-38/h4,6-7,10-19,22-23,32H,5,8-9,20-21H2,1-3H3,(H,37,40)/b30-22+/t32-/m1/s1. The second-order valence-electron chi connectivity index (χ2n) is 11.4. The van der Waals surface area contributed by atoms with Crippen molar-refractivity contribution in [3.63, 3.8) is 0 Å². The number of carbonyl (C=O) groups is 1. The second-order valence-corrected chi connectivity index (χ2v) is 12.4. The summed E-state index contributed by atoms with van der Waals surface area (Å²) in [6, 6.07) is 25.5. The number of benzene rings is 3. The lowest BCUT2D eigenvalue weighted by Gasteiger charge is -2.28. The van der Waals surface area contributed by atoms with Crippen molar-refractivity contribution in [1.82, 2.24) is 4.57 Å². The van der Waals surface area contributed by atoms with Gasteiger partial charge in [0.05, 0.1) is 21.8 Å². The van der Waals surface area contributed by atoms with E-state index in [1.165, 1.54) is 41.9 Å². The molecule has 6 nitrogen and oxygen atoms in total. The summed E-state index contributed by atoms with van der Waals surface area (Å²) in [7, 11) is 0. The highest BCUT2D eigenvalue weighted by atomic mass is 32.1. The fraction of sp³-hybridized carbons (Fsp3) is 0.286. The molecule has 6 rings (SSSR count). The first-order valence-corrected chi connectivity index (χ1v) is 15.5. The summed E-state index contributed by atoms with van der Waals surface area (Å²) in [5, 5.41) is 3.02. The van der Waals surface area contributed by atoms with E-state index in [9.17, 15) is 9.59 Å². The molecule has 0 unspecified atom stereocenters. The molecule has 0 spiro atoms. The zero-order valence-corrected chi connectivity index (χ0v) is 25.2. The van der Waals surface area contributed by atoms with Crippen molar-refractivity contribution in [2.45, 2.75) is 52.0 Å². The number of piperidine rings is 1. The molecule has 1 atom stereocenters. The molecule has 1 aromatic heterocycles. The molecule has 1 saturated heterocycles. The maximum absolute atomic E-state index is 14.0. The van der Waals surface area contributed by atoms with Crippen molar-refractivity contribution in [2.75, 3.05) is 23.3 Å². The molecule has 3 heterocycles. The van der Waals surface area contributed by atoms with Crippen LogP contribution in [0.3, 0.4) is 0 Å². The first kappa shape index (κ1) is 27.9. The maximum Gasteiger partial charge on any atom is 0.271 e. The van der Waals surface area contributed by atoms with E-state index in [-0.39, 0.29) is 11.5 Å². The predicted octanol–water partition coefficient (Wildman–Crippen LogP) is 5.99. The van der Waals surface area contributed by atoms with E-state index in [1.807, 2.05) is 55.5 Å². The van der Waals surface area contributed by atoms with E-state index in [4.69, 9.17) is 4.99 Å². The number of aromatic nitrogens is 1. The van der Waals surface area contributed by atoms with Crippen LogP contribution in [0.1, 0.15) is 68.7 Å². The van der Waals surface area contributed by atoms with Crippen LogP contribution in [0.2, 0.25) is 0 Å². The number of allylic oxidation sites excluding steroid dienone is 1. The average Bonchev–Trinajstić information content (AvgIpc) is 3.31. The van der Waals surface area contributed by atoms with Crippen LogP contribution in [0, 0.1) is 0 Å². The smallest absolute Gasteiger partial charge is 0.271 e. The summed E-state index contributed by atoms with van der Waals surface area (Å²) in [6.07, 6.45) is 5.70. The largest absolute Gasteiger partial charge is 0.372 e. The van der Waals surface area contributed by atoms with Gasteiger partial charge < -0.3 is 10.2 Å². The molecule has 4 aromatic rings. The Hall–Kier alpha value is -4.23. The number of rotatable bonds is 6. The second kappa shape index (κ2) is 11.9. The number of thiazole rings is 1. The Kier molecular flexibility index (Phi) is 7.94. The molecule has 42 heavy (non-hydrogen) atoms. The van der Waals surface area contributed by atoms with Gasteiger partial charge >= 0.3 is 0 Å². The number of amides is 1. The van der Waals surface area contributed by atoms with E-state index in [1.54, 1.807) is 4.57 Å². The molecule has 0 bridgehead atoms. The molecule has 0 radical (unpaired) electrons. The van der Waals surface area contributed by atoms with Crippen molar-refractivity contribution in [3.8, 4) is 0 Å². The molecule has 0 aliphatic carbocycles. The molecule has 3 aromatic carbocycles. The molecule has 1 fully saturated rings. The third-order valence-corrected chi connectivity index (χ3v) is 9.11. The quantitative estimate of drug-likeness (QED) is 0.307. The zero-order chi connectivity index (χ0) is 29.2. The zero-order valence-electron chi connectivity index (χ0n) is 24.3. The van der Waals surface area contributed by atoms with Crippen LogP contribution < -0.4 is 25.1 Å². The molecule has 2 aliphatic rings. The summed E-state index contributed by atoms with van der Waals surface area (Å²) in [4.78, 5) is 35.6. The van der Waals surface area contributed by atoms with Gasteiger partial charge in [-0.15, -0.1) is 0 Å². The molecular formula is C35H36N4O2S. The molecule has 214 valence electrons. The number of hydrogen-bond donors (Lipinski definition) is 1. The van der Waals surface area contributed by atoms with Crippen LogP contribution in [0.4, 0.5) is 11.4 Å². The van der Waals surface area contributed by atoms with Crippen LogP contribution >= 0.6 is 11.3 Å². The first-order valence-electron chi connectivity index (χ1n) is 14.7. The maximum atomic E-state index is 14.0. The van der Waals surface area contributed by atoms with Gasteiger partial charge in [-0.2, -0.15) is 0 Å². The number of hydrogen-bond acceptors (Lipinski definition) is 5. The Labute approximate surface area is 250 Å². The Morgan fingerprint density at radius 1 is 0.952 bits per heavy atom. The van der Waals surface area contributed by atoms with E-state index < -0.39 is 6.04 Å². The minimum absolute atomic E-state index is 0.144. The van der Waals surface area contributed by atoms with Gasteiger partial charge in [0.15, 0.2) is 4.80 Å². The fourth-order valence-electron chi connectivity index (χ4n) is 5.80. The van der Waals surface area contributed by atoms with Crippen molar-refractivity contribution in [3.05, 3.63) is 127 Å². The van der Waals surface area contributed by atoms with Crippen molar-refractivity contribution in [2.24, 2.45) is 4.99 Å². The fourth-order valence-corrected chi connectivity index (χ4v) is 6.84. The van der Waals surface area contributed by atoms with Crippen molar-refractivity contribution >= 4 is 34.7 Å². The molecule has 1 N–H and O–H groups in total. The molecule has 2 aliphatic heterocycles. The Bertz CT molecular complexity index is 1790. The van der Waals surface area contributed by atoms with Gasteiger partial charge in [-0.3, -0.25) is 14.2 Å². The number of nitrogens with zero attached hydrogens (tertiary/aromatic N) is 3. The minimum Gasteiger partial charge on any atom is -0.372 e. The van der Waals surface area contributed by atoms with Gasteiger partial charge in [-0.1, -0.05) is 79.8 Å². The predicted molar refractivity (Wildman–Crippen MR) is 172 cm³/mol. The molecule has 0 saturated carbocycles. The summed E-state index contributed by atoms with van der Waals surface area (Å²) >= 11 is 1.37. The van der Waals surface area contributed by atoms with Crippen molar-refractivity contribution < 1.29 is 4.79 Å². The monoisotopic (exact) mass is 576 g/mol. The summed E-state index contributed by atoms with van der Waals surface area (Å²) in [6.45, 7) is 8.34. The van der Waals surface area contributed by atoms with Gasteiger partial charge in [0.2, 0.25) is 0 Å².